The molecule has 0 aromatic carbocycles. The second-order valence-electron chi connectivity index (χ2n) is 3.80. The Morgan fingerprint density at radius 1 is 1.53 bits per heavy atom. The van der Waals surface area contributed by atoms with Crippen LogP contribution in [0.5, 0.6) is 0 Å². The number of amides is 1. The number of rotatable bonds is 5. The summed E-state index contributed by atoms with van der Waals surface area (Å²) in [4.78, 5) is 22.2. The Bertz CT molecular complexity index is 239. The number of ether oxygens (including phenoxy) is 1. The summed E-state index contributed by atoms with van der Waals surface area (Å²) in [6, 6.07) is -0.604. The van der Waals surface area contributed by atoms with Gasteiger partial charge in [0.25, 0.3) is 0 Å². The minimum Gasteiger partial charge on any atom is -0.469 e. The zero-order chi connectivity index (χ0) is 11.3. The Morgan fingerprint density at radius 3 is 2.67 bits per heavy atom. The topological polar surface area (TPSA) is 79.2 Å². The van der Waals surface area contributed by atoms with Crippen molar-refractivity contribution < 1.29 is 14.3 Å². The summed E-state index contributed by atoms with van der Waals surface area (Å²) < 4.78 is 4.44. The van der Waals surface area contributed by atoms with E-state index in [2.05, 4.69) is 10.1 Å². The van der Waals surface area contributed by atoms with Crippen LogP contribution in [0.15, 0.2) is 0 Å². The minimum atomic E-state index is -0.857. The quantitative estimate of drug-likeness (QED) is 0.665. The van der Waals surface area contributed by atoms with Crippen LogP contribution in [-0.2, 0) is 14.3 Å². The highest BCUT2D eigenvalue weighted by Gasteiger charge is 2.23. The summed E-state index contributed by atoms with van der Waals surface area (Å²) >= 11 is 0. The molecule has 5 nitrogen and oxygen atoms in total. The van der Waals surface area contributed by atoms with Crippen molar-refractivity contribution in [3.8, 4) is 0 Å². The molecule has 0 aromatic rings. The molecular weight excluding hydrogens is 196 g/mol. The van der Waals surface area contributed by atoms with Crippen LogP contribution in [0.1, 0.15) is 32.1 Å². The van der Waals surface area contributed by atoms with Crippen LogP contribution >= 0.6 is 0 Å². The maximum atomic E-state index is 11.4. The summed E-state index contributed by atoms with van der Waals surface area (Å²) in [5.74, 6) is -0.646. The molecule has 1 unspecified atom stereocenters. The van der Waals surface area contributed by atoms with Crippen LogP contribution in [0.3, 0.4) is 0 Å². The molecule has 0 spiro atoms. The van der Waals surface area contributed by atoms with Gasteiger partial charge in [-0.05, 0) is 25.7 Å². The SMILES string of the molecule is COC(=O)CCC([NH])C(=O)NC1CCC1. The highest BCUT2D eigenvalue weighted by atomic mass is 16.5. The highest BCUT2D eigenvalue weighted by Crippen LogP contribution is 2.18. The van der Waals surface area contributed by atoms with Gasteiger partial charge in [0.1, 0.15) is 6.04 Å². The molecule has 0 aromatic heterocycles. The molecule has 1 amide bonds. The van der Waals surface area contributed by atoms with Gasteiger partial charge in [0.15, 0.2) is 0 Å². The molecule has 15 heavy (non-hydrogen) atoms. The number of carbonyl (C=O) groups excluding carboxylic acids is 2. The third-order valence-corrected chi connectivity index (χ3v) is 2.63. The Hall–Kier alpha value is -1.10. The average molecular weight is 213 g/mol. The second-order valence-corrected chi connectivity index (χ2v) is 3.80. The largest absolute Gasteiger partial charge is 0.469 e. The molecule has 0 bridgehead atoms. The van der Waals surface area contributed by atoms with Crippen LogP contribution in [0.2, 0.25) is 0 Å². The fourth-order valence-corrected chi connectivity index (χ4v) is 1.35. The normalized spacial score (nSPS) is 17.7. The molecule has 1 rings (SSSR count). The molecule has 2 N–H and O–H groups in total. The summed E-state index contributed by atoms with van der Waals surface area (Å²) in [5.41, 5.74) is 7.52. The van der Waals surface area contributed by atoms with E-state index in [9.17, 15) is 9.59 Å². The Balaban J connectivity index is 2.17. The Morgan fingerprint density at radius 2 is 2.20 bits per heavy atom. The van der Waals surface area contributed by atoms with Gasteiger partial charge in [-0.15, -0.1) is 0 Å². The van der Waals surface area contributed by atoms with Crippen LogP contribution in [-0.4, -0.2) is 31.1 Å². The molecule has 1 aliphatic rings. The maximum absolute atomic E-state index is 11.4. The summed E-state index contributed by atoms with van der Waals surface area (Å²) in [6.45, 7) is 0. The lowest BCUT2D eigenvalue weighted by Gasteiger charge is -2.27. The fraction of sp³-hybridized carbons (Fsp3) is 0.800. The lowest BCUT2D eigenvalue weighted by atomic mass is 9.93. The molecule has 0 aliphatic heterocycles. The van der Waals surface area contributed by atoms with Crippen molar-refractivity contribution in [1.29, 1.82) is 0 Å². The van der Waals surface area contributed by atoms with Crippen molar-refractivity contribution in [3.05, 3.63) is 0 Å². The number of carbonyl (C=O) groups is 2. The average Bonchev–Trinajstić information content (AvgIpc) is 2.18. The van der Waals surface area contributed by atoms with E-state index in [1.807, 2.05) is 0 Å². The van der Waals surface area contributed by atoms with Crippen LogP contribution < -0.4 is 11.1 Å². The Labute approximate surface area is 89.3 Å². The Kier molecular flexibility index (Phi) is 4.55. The molecule has 0 heterocycles. The van der Waals surface area contributed by atoms with Gasteiger partial charge < -0.3 is 10.1 Å². The molecule has 5 heteroatoms. The van der Waals surface area contributed by atoms with Gasteiger partial charge in [-0.25, -0.2) is 5.73 Å². The number of hydrogen-bond donors (Lipinski definition) is 1. The zero-order valence-electron chi connectivity index (χ0n) is 8.91. The van der Waals surface area contributed by atoms with E-state index in [1.165, 1.54) is 7.11 Å². The number of esters is 1. The third-order valence-electron chi connectivity index (χ3n) is 2.63. The maximum Gasteiger partial charge on any atom is 0.305 e. The van der Waals surface area contributed by atoms with Crippen molar-refractivity contribution in [1.82, 2.24) is 11.1 Å². The highest BCUT2D eigenvalue weighted by molar-refractivity contribution is 5.82. The van der Waals surface area contributed by atoms with Crippen LogP contribution in [0.25, 0.3) is 0 Å². The predicted octanol–water partition coefficient (Wildman–Crippen LogP) is 0.260. The predicted molar refractivity (Wildman–Crippen MR) is 53.9 cm³/mol. The van der Waals surface area contributed by atoms with E-state index in [0.29, 0.717) is 0 Å². The number of nitrogens with one attached hydrogen (secondary N) is 2. The van der Waals surface area contributed by atoms with Crippen molar-refractivity contribution in [3.63, 3.8) is 0 Å². The first-order valence-corrected chi connectivity index (χ1v) is 5.21. The van der Waals surface area contributed by atoms with E-state index in [4.69, 9.17) is 5.73 Å². The van der Waals surface area contributed by atoms with Crippen molar-refractivity contribution in [2.24, 2.45) is 0 Å². The standard InChI is InChI=1S/C10H17N2O3/c1-15-9(13)6-5-8(11)10(14)12-7-3-2-4-7/h7-8,11H,2-6H2,1H3,(H,12,14). The van der Waals surface area contributed by atoms with Gasteiger partial charge in [-0.3, -0.25) is 9.59 Å². The monoisotopic (exact) mass is 213 g/mol. The first-order chi connectivity index (χ1) is 7.13. The minimum absolute atomic E-state index is 0.128. The van der Waals surface area contributed by atoms with E-state index in [0.717, 1.165) is 19.3 Å². The summed E-state index contributed by atoms with van der Waals surface area (Å²) in [7, 11) is 1.30. The number of methoxy groups -OCH3 is 1. The smallest absolute Gasteiger partial charge is 0.305 e. The van der Waals surface area contributed by atoms with Gasteiger partial charge in [0, 0.05) is 12.5 Å². The second kappa shape index (κ2) is 5.70. The molecule has 1 saturated carbocycles. The molecule has 1 aliphatic carbocycles. The molecular formula is C10H17N2O3. The molecule has 1 atom stereocenters. The zero-order valence-corrected chi connectivity index (χ0v) is 8.91. The molecule has 85 valence electrons. The van der Waals surface area contributed by atoms with Crippen molar-refractivity contribution in [2.75, 3.05) is 7.11 Å². The fourth-order valence-electron chi connectivity index (χ4n) is 1.35. The lowest BCUT2D eigenvalue weighted by Crippen LogP contribution is -2.45. The van der Waals surface area contributed by atoms with Gasteiger partial charge in [0.05, 0.1) is 7.11 Å². The first-order valence-electron chi connectivity index (χ1n) is 5.21. The van der Waals surface area contributed by atoms with Gasteiger partial charge in [-0.2, -0.15) is 0 Å². The third kappa shape index (κ3) is 3.87. The van der Waals surface area contributed by atoms with Gasteiger partial charge in [-0.1, -0.05) is 0 Å². The summed E-state index contributed by atoms with van der Waals surface area (Å²) in [5, 5.41) is 2.78. The number of hydrogen-bond acceptors (Lipinski definition) is 3. The van der Waals surface area contributed by atoms with E-state index < -0.39 is 6.04 Å². The van der Waals surface area contributed by atoms with Crippen LogP contribution in [0.4, 0.5) is 0 Å². The summed E-state index contributed by atoms with van der Waals surface area (Å²) in [6.07, 6.45) is 3.52. The van der Waals surface area contributed by atoms with Gasteiger partial charge in [0.2, 0.25) is 5.91 Å². The van der Waals surface area contributed by atoms with Crippen molar-refractivity contribution in [2.45, 2.75) is 44.2 Å². The first kappa shape index (κ1) is 12.0. The van der Waals surface area contributed by atoms with E-state index in [-0.39, 0.29) is 30.8 Å². The lowest BCUT2D eigenvalue weighted by molar-refractivity contribution is -0.140. The van der Waals surface area contributed by atoms with Crippen LogP contribution in [0, 0.1) is 0 Å². The molecule has 1 radical (unpaired) electrons. The van der Waals surface area contributed by atoms with E-state index >= 15 is 0 Å². The molecule has 0 saturated heterocycles. The molecule has 1 fully saturated rings. The van der Waals surface area contributed by atoms with Gasteiger partial charge >= 0.3 is 5.97 Å². The van der Waals surface area contributed by atoms with Crippen molar-refractivity contribution >= 4 is 11.9 Å². The van der Waals surface area contributed by atoms with E-state index in [1.54, 1.807) is 0 Å².